The third-order valence-corrected chi connectivity index (χ3v) is 3.30. The van der Waals surface area contributed by atoms with E-state index in [-0.39, 0.29) is 12.4 Å². The van der Waals surface area contributed by atoms with Gasteiger partial charge in [0.1, 0.15) is 5.75 Å². The second kappa shape index (κ2) is 6.78. The lowest BCUT2D eigenvalue weighted by atomic mass is 10.2. The van der Waals surface area contributed by atoms with Crippen LogP contribution in [0.25, 0.3) is 0 Å². The smallest absolute Gasteiger partial charge is 0.318 e. The van der Waals surface area contributed by atoms with Gasteiger partial charge in [0.25, 0.3) is 0 Å². The van der Waals surface area contributed by atoms with E-state index in [2.05, 4.69) is 0 Å². The first-order valence-corrected chi connectivity index (χ1v) is 6.33. The molecule has 0 aliphatic rings. The zero-order chi connectivity index (χ0) is 11.0. The van der Waals surface area contributed by atoms with Gasteiger partial charge in [-0.15, -0.1) is 0 Å². The number of rotatable bonds is 8. The Labute approximate surface area is 83.7 Å². The van der Waals surface area contributed by atoms with Crippen LogP contribution < -0.4 is 0 Å². The van der Waals surface area contributed by atoms with Gasteiger partial charge in [-0.05, 0) is 12.8 Å². The highest BCUT2D eigenvalue weighted by Gasteiger charge is 2.14. The molecule has 0 aromatic carbocycles. The van der Waals surface area contributed by atoms with Crippen LogP contribution in [0.3, 0.4) is 0 Å². The van der Waals surface area contributed by atoms with Crippen molar-refractivity contribution >= 4 is 15.8 Å². The van der Waals surface area contributed by atoms with Gasteiger partial charge in [-0.25, -0.2) is 8.42 Å². The molecule has 0 rings (SSSR count). The Hall–Kier alpha value is -0.620. The van der Waals surface area contributed by atoms with Gasteiger partial charge in [0.05, 0.1) is 5.75 Å². The van der Waals surface area contributed by atoms with Crippen molar-refractivity contribution in [1.82, 2.24) is 0 Å². The minimum absolute atomic E-state index is 0.0786. The summed E-state index contributed by atoms with van der Waals surface area (Å²) in [6.45, 7) is 0.113. The Kier molecular flexibility index (Phi) is 6.48. The van der Waals surface area contributed by atoms with E-state index in [1.165, 1.54) is 0 Å². The number of carbonyl (C=O) groups is 1. The lowest BCUT2D eigenvalue weighted by Crippen LogP contribution is -2.18. The summed E-state index contributed by atoms with van der Waals surface area (Å²) in [5, 5.41) is 16.7. The molecule has 0 aliphatic heterocycles. The molecule has 2 N–H and O–H groups in total. The molecule has 0 fully saturated rings. The molecule has 6 heteroatoms. The van der Waals surface area contributed by atoms with Crippen molar-refractivity contribution in [1.29, 1.82) is 0 Å². The van der Waals surface area contributed by atoms with Crippen LogP contribution >= 0.6 is 0 Å². The van der Waals surface area contributed by atoms with E-state index >= 15 is 0 Å². The molecule has 0 radical (unpaired) electrons. The van der Waals surface area contributed by atoms with Crippen LogP contribution in [0.2, 0.25) is 0 Å². The summed E-state index contributed by atoms with van der Waals surface area (Å²) in [5.74, 6) is -2.17. The predicted molar refractivity (Wildman–Crippen MR) is 51.8 cm³/mol. The third kappa shape index (κ3) is 8.00. The number of sulfone groups is 1. The summed E-state index contributed by atoms with van der Waals surface area (Å²) in [5.41, 5.74) is 0. The summed E-state index contributed by atoms with van der Waals surface area (Å²) in [7, 11) is -3.43. The lowest BCUT2D eigenvalue weighted by molar-refractivity contribution is -0.134. The van der Waals surface area contributed by atoms with E-state index in [1.807, 2.05) is 0 Å². The lowest BCUT2D eigenvalue weighted by Gasteiger charge is -2.00. The standard InChI is InChI=1S/C8H16O5S/c9-5-3-1-2-4-6-14(12,13)7-8(10)11/h9H,1-7H2,(H,10,11). The molecule has 0 bridgehead atoms. The van der Waals surface area contributed by atoms with Crippen LogP contribution in [-0.4, -0.2) is 42.7 Å². The second-order valence-electron chi connectivity index (χ2n) is 3.12. The number of hydrogen-bond donors (Lipinski definition) is 2. The van der Waals surface area contributed by atoms with E-state index in [0.29, 0.717) is 19.3 Å². The van der Waals surface area contributed by atoms with Gasteiger partial charge in [0.15, 0.2) is 9.84 Å². The summed E-state index contributed by atoms with van der Waals surface area (Å²) in [6, 6.07) is 0. The van der Waals surface area contributed by atoms with Gasteiger partial charge < -0.3 is 10.2 Å². The monoisotopic (exact) mass is 224 g/mol. The topological polar surface area (TPSA) is 91.7 Å². The fraction of sp³-hybridized carbons (Fsp3) is 0.875. The first-order valence-electron chi connectivity index (χ1n) is 4.51. The first kappa shape index (κ1) is 13.4. The van der Waals surface area contributed by atoms with Crippen molar-refractivity contribution in [3.05, 3.63) is 0 Å². The molecule has 0 saturated carbocycles. The molecule has 0 saturated heterocycles. The Morgan fingerprint density at radius 3 is 2.14 bits per heavy atom. The molecule has 0 amide bonds. The Morgan fingerprint density at radius 2 is 1.64 bits per heavy atom. The number of aliphatic carboxylic acids is 1. The molecule has 84 valence electrons. The molecule has 0 unspecified atom stereocenters. The summed E-state index contributed by atoms with van der Waals surface area (Å²) in [4.78, 5) is 10.1. The van der Waals surface area contributed by atoms with Gasteiger partial charge in [0, 0.05) is 6.61 Å². The molecule has 5 nitrogen and oxygen atoms in total. The Bertz CT molecular complexity index is 257. The number of carboxylic acid groups (broad SMARTS) is 1. The SMILES string of the molecule is O=C(O)CS(=O)(=O)CCCCCCO. The molecular formula is C8H16O5S. The van der Waals surface area contributed by atoms with Crippen LogP contribution in [0.15, 0.2) is 0 Å². The molecule has 0 aromatic rings. The highest BCUT2D eigenvalue weighted by molar-refractivity contribution is 7.92. The third-order valence-electron chi connectivity index (χ3n) is 1.71. The Morgan fingerprint density at radius 1 is 1.07 bits per heavy atom. The maximum absolute atomic E-state index is 11.0. The molecule has 0 aliphatic carbocycles. The number of aliphatic hydroxyl groups is 1. The van der Waals surface area contributed by atoms with Gasteiger partial charge in [0.2, 0.25) is 0 Å². The van der Waals surface area contributed by atoms with Gasteiger partial charge in [-0.1, -0.05) is 12.8 Å². The largest absolute Gasteiger partial charge is 0.480 e. The van der Waals surface area contributed by atoms with E-state index in [4.69, 9.17) is 10.2 Å². The molecule has 0 spiro atoms. The maximum Gasteiger partial charge on any atom is 0.318 e. The molecule has 0 heterocycles. The average Bonchev–Trinajstić information content (AvgIpc) is 2.01. The van der Waals surface area contributed by atoms with Crippen LogP contribution in [-0.2, 0) is 14.6 Å². The van der Waals surface area contributed by atoms with E-state index in [0.717, 1.165) is 6.42 Å². The minimum Gasteiger partial charge on any atom is -0.480 e. The predicted octanol–water partition coefficient (Wildman–Crippen LogP) is 0.0385. The molecule has 0 aromatic heterocycles. The van der Waals surface area contributed by atoms with Crippen molar-refractivity contribution in [2.75, 3.05) is 18.1 Å². The summed E-state index contributed by atoms with van der Waals surface area (Å²) in [6.07, 6.45) is 2.62. The van der Waals surface area contributed by atoms with Gasteiger partial charge in [-0.2, -0.15) is 0 Å². The second-order valence-corrected chi connectivity index (χ2v) is 5.31. The normalized spacial score (nSPS) is 11.5. The van der Waals surface area contributed by atoms with Crippen LogP contribution in [0.1, 0.15) is 25.7 Å². The van der Waals surface area contributed by atoms with Gasteiger partial charge >= 0.3 is 5.97 Å². The van der Waals surface area contributed by atoms with E-state index in [9.17, 15) is 13.2 Å². The highest BCUT2D eigenvalue weighted by Crippen LogP contribution is 2.02. The quantitative estimate of drug-likeness (QED) is 0.568. The summed E-state index contributed by atoms with van der Waals surface area (Å²) < 4.78 is 22.1. The molecule has 0 atom stereocenters. The van der Waals surface area contributed by atoms with E-state index in [1.54, 1.807) is 0 Å². The van der Waals surface area contributed by atoms with Crippen molar-refractivity contribution in [3.63, 3.8) is 0 Å². The van der Waals surface area contributed by atoms with Crippen molar-refractivity contribution in [2.45, 2.75) is 25.7 Å². The highest BCUT2D eigenvalue weighted by atomic mass is 32.2. The van der Waals surface area contributed by atoms with Crippen LogP contribution in [0, 0.1) is 0 Å². The minimum atomic E-state index is -3.43. The first-order chi connectivity index (χ1) is 6.48. The zero-order valence-corrected chi connectivity index (χ0v) is 8.79. The van der Waals surface area contributed by atoms with Crippen molar-refractivity contribution < 1.29 is 23.4 Å². The van der Waals surface area contributed by atoms with Crippen LogP contribution in [0.5, 0.6) is 0 Å². The number of hydrogen-bond acceptors (Lipinski definition) is 4. The number of carboxylic acids is 1. The van der Waals surface area contributed by atoms with Gasteiger partial charge in [-0.3, -0.25) is 4.79 Å². The fourth-order valence-electron chi connectivity index (χ4n) is 1.05. The van der Waals surface area contributed by atoms with E-state index < -0.39 is 21.6 Å². The van der Waals surface area contributed by atoms with Crippen molar-refractivity contribution in [2.24, 2.45) is 0 Å². The molecular weight excluding hydrogens is 208 g/mol. The average molecular weight is 224 g/mol. The molecule has 14 heavy (non-hydrogen) atoms. The number of aliphatic hydroxyl groups excluding tert-OH is 1. The fourth-order valence-corrected chi connectivity index (χ4v) is 2.21. The summed E-state index contributed by atoms with van der Waals surface area (Å²) >= 11 is 0. The number of unbranched alkanes of at least 4 members (excludes halogenated alkanes) is 3. The van der Waals surface area contributed by atoms with Crippen molar-refractivity contribution in [3.8, 4) is 0 Å². The Balaban J connectivity index is 3.61. The maximum atomic E-state index is 11.0. The van der Waals surface area contributed by atoms with Crippen LogP contribution in [0.4, 0.5) is 0 Å². The zero-order valence-electron chi connectivity index (χ0n) is 7.98.